The Morgan fingerprint density at radius 3 is 2.71 bits per heavy atom. The lowest BCUT2D eigenvalue weighted by molar-refractivity contribution is -0.124. The van der Waals surface area contributed by atoms with Gasteiger partial charge in [-0.15, -0.1) is 0 Å². The van der Waals surface area contributed by atoms with Crippen LogP contribution < -0.4 is 5.32 Å². The number of hydrogen-bond donors (Lipinski definition) is 1. The zero-order valence-electron chi connectivity index (χ0n) is 8.45. The van der Waals surface area contributed by atoms with Gasteiger partial charge in [0.1, 0.15) is 0 Å². The molecule has 1 aliphatic heterocycles. The molecule has 0 aromatic heterocycles. The summed E-state index contributed by atoms with van der Waals surface area (Å²) in [6, 6.07) is 0. The lowest BCUT2D eigenvalue weighted by atomic mass is 10.1. The Labute approximate surface area is 85.0 Å². The number of rotatable bonds is 4. The Morgan fingerprint density at radius 2 is 2.21 bits per heavy atom. The van der Waals surface area contributed by atoms with Crippen molar-refractivity contribution >= 4 is 15.7 Å². The molecule has 1 N–H and O–H groups in total. The average Bonchev–Trinajstić information content (AvgIpc) is 2.46. The van der Waals surface area contributed by atoms with Gasteiger partial charge in [0.15, 0.2) is 9.84 Å². The molecule has 1 heterocycles. The third-order valence-corrected chi connectivity index (χ3v) is 4.20. The summed E-state index contributed by atoms with van der Waals surface area (Å²) in [4.78, 5) is 11.4. The molecule has 1 saturated heterocycles. The highest BCUT2D eigenvalue weighted by molar-refractivity contribution is 7.91. The molecule has 0 aliphatic carbocycles. The summed E-state index contributed by atoms with van der Waals surface area (Å²) in [5.74, 6) is -0.208. The van der Waals surface area contributed by atoms with Crippen molar-refractivity contribution in [3.05, 3.63) is 0 Å². The highest BCUT2D eigenvalue weighted by Gasteiger charge is 2.32. The van der Waals surface area contributed by atoms with E-state index in [0.717, 1.165) is 12.8 Å². The van der Waals surface area contributed by atoms with Crippen molar-refractivity contribution in [3.63, 3.8) is 0 Å². The largest absolute Gasteiger partial charge is 0.356 e. The molecule has 1 rings (SSSR count). The summed E-state index contributed by atoms with van der Waals surface area (Å²) >= 11 is 0. The van der Waals surface area contributed by atoms with Crippen molar-refractivity contribution < 1.29 is 13.2 Å². The van der Waals surface area contributed by atoms with Crippen molar-refractivity contribution in [1.29, 1.82) is 0 Å². The number of unbranched alkanes of at least 4 members (excludes halogenated alkanes) is 1. The van der Waals surface area contributed by atoms with E-state index >= 15 is 0 Å². The maximum atomic E-state index is 11.4. The van der Waals surface area contributed by atoms with Crippen LogP contribution in [0.15, 0.2) is 0 Å². The van der Waals surface area contributed by atoms with E-state index < -0.39 is 9.84 Å². The molecule has 0 aromatic rings. The molecule has 1 aliphatic rings. The maximum Gasteiger partial charge on any atom is 0.224 e. The molecule has 14 heavy (non-hydrogen) atoms. The third kappa shape index (κ3) is 3.29. The van der Waals surface area contributed by atoms with E-state index in [9.17, 15) is 13.2 Å². The quantitative estimate of drug-likeness (QED) is 0.693. The van der Waals surface area contributed by atoms with Crippen molar-refractivity contribution in [3.8, 4) is 0 Å². The van der Waals surface area contributed by atoms with Gasteiger partial charge in [-0.2, -0.15) is 0 Å². The molecule has 4 nitrogen and oxygen atoms in total. The Morgan fingerprint density at radius 1 is 1.50 bits per heavy atom. The molecule has 1 atom stereocenters. The van der Waals surface area contributed by atoms with Crippen molar-refractivity contribution in [2.75, 3.05) is 18.1 Å². The minimum atomic E-state index is -2.93. The van der Waals surface area contributed by atoms with Gasteiger partial charge in [-0.1, -0.05) is 13.3 Å². The molecule has 1 fully saturated rings. The van der Waals surface area contributed by atoms with E-state index in [2.05, 4.69) is 5.32 Å². The van der Waals surface area contributed by atoms with Crippen LogP contribution in [0.25, 0.3) is 0 Å². The molecule has 0 aromatic carbocycles. The first-order chi connectivity index (χ1) is 6.55. The van der Waals surface area contributed by atoms with Crippen LogP contribution in [0.5, 0.6) is 0 Å². The number of nitrogens with one attached hydrogen (secondary N) is 1. The van der Waals surface area contributed by atoms with Crippen LogP contribution in [0.3, 0.4) is 0 Å². The smallest absolute Gasteiger partial charge is 0.224 e. The monoisotopic (exact) mass is 219 g/mol. The van der Waals surface area contributed by atoms with Crippen LogP contribution in [0.2, 0.25) is 0 Å². The summed E-state index contributed by atoms with van der Waals surface area (Å²) in [7, 11) is -2.93. The average molecular weight is 219 g/mol. The van der Waals surface area contributed by atoms with Gasteiger partial charge in [0.25, 0.3) is 0 Å². The number of amides is 1. The summed E-state index contributed by atoms with van der Waals surface area (Å²) in [5.41, 5.74) is 0. The molecular formula is C9H17NO3S. The Bertz CT molecular complexity index is 297. The Balaban J connectivity index is 2.33. The number of carbonyl (C=O) groups is 1. The fourth-order valence-corrected chi connectivity index (χ4v) is 3.28. The minimum Gasteiger partial charge on any atom is -0.356 e. The summed E-state index contributed by atoms with van der Waals surface area (Å²) in [6.45, 7) is 2.71. The first-order valence-corrected chi connectivity index (χ1v) is 6.85. The van der Waals surface area contributed by atoms with Crippen molar-refractivity contribution in [2.24, 2.45) is 5.92 Å². The van der Waals surface area contributed by atoms with Crippen LogP contribution in [0.1, 0.15) is 26.2 Å². The van der Waals surface area contributed by atoms with Gasteiger partial charge in [0.05, 0.1) is 17.4 Å². The standard InChI is InChI=1S/C9H17NO3S/c1-2-3-5-10-9(11)8-4-6-14(12,13)7-8/h8H,2-7H2,1H3,(H,10,11). The van der Waals surface area contributed by atoms with Gasteiger partial charge in [-0.05, 0) is 12.8 Å². The summed E-state index contributed by atoms with van der Waals surface area (Å²) in [6.07, 6.45) is 2.47. The van der Waals surface area contributed by atoms with Gasteiger partial charge in [-0.3, -0.25) is 4.79 Å². The second kappa shape index (κ2) is 4.77. The van der Waals surface area contributed by atoms with Crippen LogP contribution in [0.4, 0.5) is 0 Å². The van der Waals surface area contributed by atoms with Crippen LogP contribution in [-0.4, -0.2) is 32.4 Å². The zero-order chi connectivity index (χ0) is 10.6. The van der Waals surface area contributed by atoms with Gasteiger partial charge < -0.3 is 5.32 Å². The lowest BCUT2D eigenvalue weighted by Gasteiger charge is -2.08. The summed E-state index contributed by atoms with van der Waals surface area (Å²) < 4.78 is 22.2. The predicted molar refractivity (Wildman–Crippen MR) is 54.7 cm³/mol. The molecular weight excluding hydrogens is 202 g/mol. The minimum absolute atomic E-state index is 0.0327. The van der Waals surface area contributed by atoms with Crippen LogP contribution in [0, 0.1) is 5.92 Å². The van der Waals surface area contributed by atoms with Crippen LogP contribution in [-0.2, 0) is 14.6 Å². The second-order valence-corrected chi connectivity index (χ2v) is 5.97. The molecule has 0 saturated carbocycles. The molecule has 0 bridgehead atoms. The lowest BCUT2D eigenvalue weighted by Crippen LogP contribution is -2.31. The highest BCUT2D eigenvalue weighted by Crippen LogP contribution is 2.18. The van der Waals surface area contributed by atoms with E-state index in [0.29, 0.717) is 13.0 Å². The molecule has 82 valence electrons. The first kappa shape index (κ1) is 11.5. The number of carbonyl (C=O) groups excluding carboxylic acids is 1. The molecule has 5 heteroatoms. The van der Waals surface area contributed by atoms with E-state index in [1.807, 2.05) is 6.92 Å². The van der Waals surface area contributed by atoms with Crippen molar-refractivity contribution in [1.82, 2.24) is 5.32 Å². The van der Waals surface area contributed by atoms with Gasteiger partial charge >= 0.3 is 0 Å². The number of sulfone groups is 1. The van der Waals surface area contributed by atoms with Gasteiger partial charge in [0.2, 0.25) is 5.91 Å². The van der Waals surface area contributed by atoms with E-state index in [1.165, 1.54) is 0 Å². The van der Waals surface area contributed by atoms with Crippen molar-refractivity contribution in [2.45, 2.75) is 26.2 Å². The van der Waals surface area contributed by atoms with E-state index in [1.54, 1.807) is 0 Å². The SMILES string of the molecule is CCCCNC(=O)C1CCS(=O)(=O)C1. The molecule has 0 radical (unpaired) electrons. The molecule has 0 spiro atoms. The highest BCUT2D eigenvalue weighted by atomic mass is 32.2. The van der Waals surface area contributed by atoms with Gasteiger partial charge in [-0.25, -0.2) is 8.42 Å². The van der Waals surface area contributed by atoms with Gasteiger partial charge in [0, 0.05) is 6.54 Å². The fraction of sp³-hybridized carbons (Fsp3) is 0.889. The first-order valence-electron chi connectivity index (χ1n) is 5.03. The topological polar surface area (TPSA) is 63.2 Å². The zero-order valence-corrected chi connectivity index (χ0v) is 9.27. The maximum absolute atomic E-state index is 11.4. The van der Waals surface area contributed by atoms with Crippen LogP contribution >= 0.6 is 0 Å². The predicted octanol–water partition coefficient (Wildman–Crippen LogP) is 0.337. The second-order valence-electron chi connectivity index (χ2n) is 3.74. The molecule has 1 amide bonds. The molecule has 1 unspecified atom stereocenters. The Kier molecular flexibility index (Phi) is 3.92. The fourth-order valence-electron chi connectivity index (χ4n) is 1.53. The number of hydrogen-bond acceptors (Lipinski definition) is 3. The third-order valence-electron chi connectivity index (χ3n) is 2.43. The Hall–Kier alpha value is -0.580. The van der Waals surface area contributed by atoms with E-state index in [4.69, 9.17) is 0 Å². The van der Waals surface area contributed by atoms with E-state index in [-0.39, 0.29) is 23.3 Å². The summed E-state index contributed by atoms with van der Waals surface area (Å²) in [5, 5.41) is 2.76. The normalized spacial score (nSPS) is 24.8.